The highest BCUT2D eigenvalue weighted by Gasteiger charge is 2.33. The molecule has 138 valence electrons. The fourth-order valence-corrected chi connectivity index (χ4v) is 4.31. The Morgan fingerprint density at radius 2 is 2.11 bits per heavy atom. The lowest BCUT2D eigenvalue weighted by Crippen LogP contribution is -2.48. The summed E-state index contributed by atoms with van der Waals surface area (Å²) in [5.41, 5.74) is 6.85. The molecule has 0 aliphatic carbocycles. The van der Waals surface area contributed by atoms with Crippen molar-refractivity contribution in [2.24, 2.45) is 5.92 Å². The Kier molecular flexibility index (Phi) is 3.67. The van der Waals surface area contributed by atoms with E-state index in [0.717, 1.165) is 30.1 Å². The van der Waals surface area contributed by atoms with Crippen LogP contribution in [0.1, 0.15) is 28.9 Å². The number of aromatic nitrogens is 3. The van der Waals surface area contributed by atoms with Crippen molar-refractivity contribution in [2.45, 2.75) is 33.4 Å². The molecule has 0 spiro atoms. The van der Waals surface area contributed by atoms with Gasteiger partial charge in [-0.2, -0.15) is 0 Å². The molecule has 0 unspecified atom stereocenters. The Morgan fingerprint density at radius 1 is 1.26 bits per heavy atom. The number of nitrogens with zero attached hydrogens (tertiary/aromatic N) is 5. The van der Waals surface area contributed by atoms with Crippen LogP contribution < -0.4 is 4.90 Å². The van der Waals surface area contributed by atoms with E-state index < -0.39 is 0 Å². The lowest BCUT2D eigenvalue weighted by Gasteiger charge is -2.41. The number of rotatable bonds is 3. The number of aryl methyl sites for hydroxylation is 2. The van der Waals surface area contributed by atoms with Crippen molar-refractivity contribution in [1.82, 2.24) is 19.3 Å². The van der Waals surface area contributed by atoms with Crippen LogP contribution in [0.5, 0.6) is 0 Å². The first-order chi connectivity index (χ1) is 13.1. The number of hydrogen-bond donors (Lipinski definition) is 0. The van der Waals surface area contributed by atoms with E-state index >= 15 is 0 Å². The molecule has 3 aromatic heterocycles. The molecule has 0 atom stereocenters. The Morgan fingerprint density at radius 3 is 2.89 bits per heavy atom. The first kappa shape index (κ1) is 16.3. The summed E-state index contributed by atoms with van der Waals surface area (Å²) >= 11 is 0. The van der Waals surface area contributed by atoms with Crippen LogP contribution in [0.4, 0.5) is 5.69 Å². The average Bonchev–Trinajstić information content (AvgIpc) is 3.22. The van der Waals surface area contributed by atoms with Crippen LogP contribution in [-0.4, -0.2) is 38.3 Å². The number of hydrogen-bond acceptors (Lipinski definition) is 4. The maximum atomic E-state index is 12.9. The molecular formula is C21H23N5O. The van der Waals surface area contributed by atoms with Crippen LogP contribution in [0.25, 0.3) is 5.65 Å². The van der Waals surface area contributed by atoms with Gasteiger partial charge in [-0.25, -0.2) is 4.98 Å². The summed E-state index contributed by atoms with van der Waals surface area (Å²) < 4.78 is 2.15. The molecule has 0 aromatic carbocycles. The molecule has 0 N–H and O–H groups in total. The number of imidazole rings is 1. The highest BCUT2D eigenvalue weighted by Crippen LogP contribution is 2.31. The minimum atomic E-state index is 0.256. The van der Waals surface area contributed by atoms with Crippen LogP contribution in [0.2, 0.25) is 0 Å². The van der Waals surface area contributed by atoms with E-state index in [0.29, 0.717) is 25.4 Å². The standard InChI is InChI=1S/C21H23N5O/c1-14-6-20-23-15(2)9-26(20)19-13-25(12-18(14)19)21(27)7-16-10-24(11-16)17-4-3-5-22-8-17/h3-6,8-9,16H,7,10-13H2,1-2H3. The van der Waals surface area contributed by atoms with Crippen molar-refractivity contribution in [2.75, 3.05) is 18.0 Å². The number of anilines is 1. The van der Waals surface area contributed by atoms with Crippen molar-refractivity contribution in [3.63, 3.8) is 0 Å². The molecule has 5 rings (SSSR count). The van der Waals surface area contributed by atoms with Gasteiger partial charge in [0.1, 0.15) is 5.65 Å². The van der Waals surface area contributed by atoms with Gasteiger partial charge in [0.2, 0.25) is 5.91 Å². The molecular weight excluding hydrogens is 338 g/mol. The van der Waals surface area contributed by atoms with Gasteiger partial charge in [-0.1, -0.05) is 0 Å². The van der Waals surface area contributed by atoms with Crippen molar-refractivity contribution in [3.05, 3.63) is 59.3 Å². The van der Waals surface area contributed by atoms with E-state index in [1.165, 1.54) is 16.8 Å². The second-order valence-electron chi connectivity index (χ2n) is 7.80. The third kappa shape index (κ3) is 2.76. The molecule has 27 heavy (non-hydrogen) atoms. The summed E-state index contributed by atoms with van der Waals surface area (Å²) in [6.07, 6.45) is 6.36. The van der Waals surface area contributed by atoms with E-state index in [-0.39, 0.29) is 5.91 Å². The molecule has 3 aromatic rings. The Balaban J connectivity index is 1.26. The van der Waals surface area contributed by atoms with Gasteiger partial charge in [-0.15, -0.1) is 0 Å². The van der Waals surface area contributed by atoms with E-state index in [4.69, 9.17) is 0 Å². The van der Waals surface area contributed by atoms with Crippen LogP contribution in [0, 0.1) is 19.8 Å². The molecule has 0 radical (unpaired) electrons. The molecule has 1 saturated heterocycles. The van der Waals surface area contributed by atoms with Crippen LogP contribution in [0.3, 0.4) is 0 Å². The van der Waals surface area contributed by atoms with Gasteiger partial charge >= 0.3 is 0 Å². The van der Waals surface area contributed by atoms with Gasteiger partial charge in [0, 0.05) is 50.1 Å². The minimum Gasteiger partial charge on any atom is -0.370 e. The fourth-order valence-electron chi connectivity index (χ4n) is 4.31. The predicted octanol–water partition coefficient (Wildman–Crippen LogP) is 2.71. The quantitative estimate of drug-likeness (QED) is 0.720. The van der Waals surface area contributed by atoms with Gasteiger partial charge in [-0.3, -0.25) is 9.78 Å². The van der Waals surface area contributed by atoms with Crippen molar-refractivity contribution in [3.8, 4) is 0 Å². The molecule has 0 saturated carbocycles. The number of pyridine rings is 2. The third-order valence-corrected chi connectivity index (χ3v) is 5.79. The average molecular weight is 361 g/mol. The highest BCUT2D eigenvalue weighted by molar-refractivity contribution is 5.78. The maximum absolute atomic E-state index is 12.9. The molecule has 0 bridgehead atoms. The van der Waals surface area contributed by atoms with Crippen molar-refractivity contribution >= 4 is 17.2 Å². The smallest absolute Gasteiger partial charge is 0.223 e. The van der Waals surface area contributed by atoms with Gasteiger partial charge in [0.25, 0.3) is 0 Å². The summed E-state index contributed by atoms with van der Waals surface area (Å²) in [6, 6.07) is 6.15. The molecule has 6 heteroatoms. The topological polar surface area (TPSA) is 53.7 Å². The zero-order chi connectivity index (χ0) is 18.5. The lowest BCUT2D eigenvalue weighted by molar-refractivity contribution is -0.133. The van der Waals surface area contributed by atoms with Gasteiger partial charge < -0.3 is 14.2 Å². The second-order valence-corrected chi connectivity index (χ2v) is 7.80. The summed E-state index contributed by atoms with van der Waals surface area (Å²) in [6.45, 7) is 7.39. The number of carbonyl (C=O) groups is 1. The van der Waals surface area contributed by atoms with E-state index in [9.17, 15) is 4.79 Å². The summed E-state index contributed by atoms with van der Waals surface area (Å²) in [5, 5.41) is 0. The SMILES string of the molecule is Cc1cn2c3c(c(C)cc2n1)CN(C(=O)CC1CN(c2cccnc2)C1)C3. The molecule has 1 fully saturated rings. The van der Waals surface area contributed by atoms with Crippen LogP contribution in [-0.2, 0) is 17.9 Å². The van der Waals surface area contributed by atoms with Crippen LogP contribution >= 0.6 is 0 Å². The highest BCUT2D eigenvalue weighted by atomic mass is 16.2. The first-order valence-corrected chi connectivity index (χ1v) is 9.48. The molecule has 2 aliphatic rings. The Labute approximate surface area is 158 Å². The van der Waals surface area contributed by atoms with Gasteiger partial charge in [-0.05, 0) is 43.2 Å². The van der Waals surface area contributed by atoms with Crippen LogP contribution in [0.15, 0.2) is 36.8 Å². The van der Waals surface area contributed by atoms with Gasteiger partial charge in [0.05, 0.1) is 24.1 Å². The van der Waals surface area contributed by atoms with E-state index in [2.05, 4.69) is 44.5 Å². The molecule has 2 aliphatic heterocycles. The van der Waals surface area contributed by atoms with E-state index in [1.807, 2.05) is 24.1 Å². The first-order valence-electron chi connectivity index (χ1n) is 9.48. The van der Waals surface area contributed by atoms with E-state index in [1.54, 1.807) is 6.20 Å². The Bertz CT molecular complexity index is 1020. The molecule has 1 amide bonds. The number of carbonyl (C=O) groups excluding carboxylic acids is 1. The number of amides is 1. The molecule has 6 nitrogen and oxygen atoms in total. The minimum absolute atomic E-state index is 0.256. The monoisotopic (exact) mass is 361 g/mol. The summed E-state index contributed by atoms with van der Waals surface area (Å²) in [5.74, 6) is 0.685. The summed E-state index contributed by atoms with van der Waals surface area (Å²) in [4.78, 5) is 25.9. The summed E-state index contributed by atoms with van der Waals surface area (Å²) in [7, 11) is 0. The lowest BCUT2D eigenvalue weighted by atomic mass is 9.95. The van der Waals surface area contributed by atoms with Crippen molar-refractivity contribution < 1.29 is 4.79 Å². The largest absolute Gasteiger partial charge is 0.370 e. The zero-order valence-corrected chi connectivity index (χ0v) is 15.7. The predicted molar refractivity (Wildman–Crippen MR) is 103 cm³/mol. The fraction of sp³-hybridized carbons (Fsp3) is 0.381. The van der Waals surface area contributed by atoms with Crippen molar-refractivity contribution in [1.29, 1.82) is 0 Å². The molecule has 5 heterocycles. The third-order valence-electron chi connectivity index (χ3n) is 5.79. The number of fused-ring (bicyclic) bond motifs is 3. The maximum Gasteiger partial charge on any atom is 0.223 e. The second kappa shape index (κ2) is 6.08. The zero-order valence-electron chi connectivity index (χ0n) is 15.7. The van der Waals surface area contributed by atoms with Gasteiger partial charge in [0.15, 0.2) is 0 Å². The Hall–Kier alpha value is -2.89. The normalized spacial score (nSPS) is 16.7.